The largest absolute Gasteiger partial charge is 0.355 e. The second kappa shape index (κ2) is 11.3. The number of hydrogen-bond acceptors (Lipinski definition) is 7. The van der Waals surface area contributed by atoms with Crippen LogP contribution >= 0.6 is 34.9 Å². The summed E-state index contributed by atoms with van der Waals surface area (Å²) in [5, 5.41) is 11.0. The fourth-order valence-electron chi connectivity index (χ4n) is 2.12. The van der Waals surface area contributed by atoms with Crippen molar-refractivity contribution in [2.45, 2.75) is 35.5 Å². The number of hydrogen-bond donors (Lipinski definition) is 1. The molecular formula is C18H24N4O2S3. The van der Waals surface area contributed by atoms with E-state index in [9.17, 15) is 9.59 Å². The van der Waals surface area contributed by atoms with Gasteiger partial charge in [-0.2, -0.15) is 0 Å². The molecule has 0 aliphatic rings. The van der Waals surface area contributed by atoms with Crippen LogP contribution < -0.4 is 5.32 Å². The molecule has 0 aliphatic heterocycles. The van der Waals surface area contributed by atoms with Gasteiger partial charge in [-0.3, -0.25) is 9.59 Å². The highest BCUT2D eigenvalue weighted by Gasteiger charge is 2.14. The highest BCUT2D eigenvalue weighted by atomic mass is 32.2. The van der Waals surface area contributed by atoms with Crippen molar-refractivity contribution in [1.29, 1.82) is 0 Å². The molecule has 1 aromatic heterocycles. The number of amides is 2. The van der Waals surface area contributed by atoms with E-state index in [1.807, 2.05) is 45.2 Å². The van der Waals surface area contributed by atoms with Gasteiger partial charge >= 0.3 is 0 Å². The number of carbonyl (C=O) groups is 2. The zero-order chi connectivity index (χ0) is 19.6. The summed E-state index contributed by atoms with van der Waals surface area (Å²) in [6.45, 7) is 5.34. The first-order chi connectivity index (χ1) is 13.0. The van der Waals surface area contributed by atoms with E-state index in [0.29, 0.717) is 24.6 Å². The molecule has 0 fully saturated rings. The van der Waals surface area contributed by atoms with E-state index >= 15 is 0 Å². The Morgan fingerprint density at radius 1 is 1.15 bits per heavy atom. The molecule has 0 spiro atoms. The summed E-state index contributed by atoms with van der Waals surface area (Å²) >= 11 is 4.16. The Morgan fingerprint density at radius 2 is 1.81 bits per heavy atom. The zero-order valence-corrected chi connectivity index (χ0v) is 18.2. The van der Waals surface area contributed by atoms with Crippen molar-refractivity contribution in [3.63, 3.8) is 0 Å². The second-order valence-corrected chi connectivity index (χ2v) is 9.36. The van der Waals surface area contributed by atoms with Crippen molar-refractivity contribution in [3.8, 4) is 0 Å². The SMILES string of the molecule is CCCNC(=O)CSc1nnc(SCC(=O)N(C)Cc2ccccc2C)s1. The lowest BCUT2D eigenvalue weighted by atomic mass is 10.1. The van der Waals surface area contributed by atoms with Crippen LogP contribution in [0.2, 0.25) is 0 Å². The Kier molecular flexibility index (Phi) is 9.09. The normalized spacial score (nSPS) is 10.6. The first kappa shape index (κ1) is 21.7. The number of nitrogens with zero attached hydrogens (tertiary/aromatic N) is 3. The van der Waals surface area contributed by atoms with Gasteiger partial charge in [-0.05, 0) is 24.5 Å². The minimum Gasteiger partial charge on any atom is -0.355 e. The Hall–Kier alpha value is -1.58. The lowest BCUT2D eigenvalue weighted by molar-refractivity contribution is -0.127. The van der Waals surface area contributed by atoms with Gasteiger partial charge in [0, 0.05) is 20.1 Å². The first-order valence-corrected chi connectivity index (χ1v) is 11.4. The summed E-state index contributed by atoms with van der Waals surface area (Å²) in [7, 11) is 1.81. The number of aryl methyl sites for hydroxylation is 1. The van der Waals surface area contributed by atoms with E-state index in [1.54, 1.807) is 4.90 Å². The predicted octanol–water partition coefficient (Wildman–Crippen LogP) is 3.22. The summed E-state index contributed by atoms with van der Waals surface area (Å²) in [4.78, 5) is 25.7. The third-order valence-corrected chi connectivity index (χ3v) is 6.88. The zero-order valence-electron chi connectivity index (χ0n) is 15.7. The summed E-state index contributed by atoms with van der Waals surface area (Å²) in [6, 6.07) is 8.07. The highest BCUT2D eigenvalue weighted by molar-refractivity contribution is 8.03. The molecular weight excluding hydrogens is 400 g/mol. The van der Waals surface area contributed by atoms with Crippen LogP contribution in [-0.2, 0) is 16.1 Å². The van der Waals surface area contributed by atoms with Gasteiger partial charge in [0.1, 0.15) is 0 Å². The highest BCUT2D eigenvalue weighted by Crippen LogP contribution is 2.28. The molecule has 146 valence electrons. The smallest absolute Gasteiger partial charge is 0.233 e. The fraction of sp³-hybridized carbons (Fsp3) is 0.444. The molecule has 2 amide bonds. The molecule has 0 atom stereocenters. The van der Waals surface area contributed by atoms with E-state index in [4.69, 9.17) is 0 Å². The minimum absolute atomic E-state index is 0.000684. The van der Waals surface area contributed by atoms with Gasteiger partial charge in [0.05, 0.1) is 11.5 Å². The average Bonchev–Trinajstić information content (AvgIpc) is 3.12. The van der Waals surface area contributed by atoms with Gasteiger partial charge in [-0.15, -0.1) is 10.2 Å². The van der Waals surface area contributed by atoms with E-state index in [-0.39, 0.29) is 11.8 Å². The Labute approximate surface area is 172 Å². The summed E-state index contributed by atoms with van der Waals surface area (Å²) in [5.74, 6) is 0.696. The lowest BCUT2D eigenvalue weighted by Gasteiger charge is -2.18. The number of thioether (sulfide) groups is 2. The quantitative estimate of drug-likeness (QED) is 0.590. The van der Waals surface area contributed by atoms with Crippen LogP contribution in [0.5, 0.6) is 0 Å². The lowest BCUT2D eigenvalue weighted by Crippen LogP contribution is -2.28. The average molecular weight is 425 g/mol. The molecule has 0 aliphatic carbocycles. The third-order valence-electron chi connectivity index (χ3n) is 3.70. The van der Waals surface area contributed by atoms with E-state index in [0.717, 1.165) is 20.7 Å². The molecule has 0 unspecified atom stereocenters. The van der Waals surface area contributed by atoms with Crippen molar-refractivity contribution in [2.24, 2.45) is 0 Å². The third kappa shape index (κ3) is 7.51. The molecule has 27 heavy (non-hydrogen) atoms. The van der Waals surface area contributed by atoms with Crippen molar-refractivity contribution in [2.75, 3.05) is 25.1 Å². The fourth-order valence-corrected chi connectivity index (χ4v) is 4.91. The number of carbonyl (C=O) groups excluding carboxylic acids is 2. The summed E-state index contributed by atoms with van der Waals surface area (Å²) in [6.07, 6.45) is 0.919. The van der Waals surface area contributed by atoms with E-state index in [2.05, 4.69) is 15.5 Å². The predicted molar refractivity (Wildman–Crippen MR) is 112 cm³/mol. The Bertz CT molecular complexity index is 767. The van der Waals surface area contributed by atoms with Crippen molar-refractivity contribution in [3.05, 3.63) is 35.4 Å². The maximum absolute atomic E-state index is 12.4. The van der Waals surface area contributed by atoms with E-state index < -0.39 is 0 Å². The number of aromatic nitrogens is 2. The second-order valence-electron chi connectivity index (χ2n) is 5.94. The van der Waals surface area contributed by atoms with Gasteiger partial charge in [0.15, 0.2) is 8.68 Å². The van der Waals surface area contributed by atoms with Crippen molar-refractivity contribution < 1.29 is 9.59 Å². The minimum atomic E-state index is -0.000684. The van der Waals surface area contributed by atoms with Gasteiger partial charge in [-0.25, -0.2) is 0 Å². The molecule has 0 saturated carbocycles. The molecule has 0 bridgehead atoms. The molecule has 0 saturated heterocycles. The molecule has 9 heteroatoms. The van der Waals surface area contributed by atoms with Crippen LogP contribution in [0, 0.1) is 6.92 Å². The Balaban J connectivity index is 1.76. The van der Waals surface area contributed by atoms with Gasteiger partial charge < -0.3 is 10.2 Å². The molecule has 0 radical (unpaired) electrons. The molecule has 1 N–H and O–H groups in total. The van der Waals surface area contributed by atoms with E-state index in [1.165, 1.54) is 40.4 Å². The van der Waals surface area contributed by atoms with Crippen LogP contribution in [0.25, 0.3) is 0 Å². The number of benzene rings is 1. The monoisotopic (exact) mass is 424 g/mol. The topological polar surface area (TPSA) is 75.2 Å². The maximum Gasteiger partial charge on any atom is 0.233 e. The molecule has 2 aromatic rings. The first-order valence-electron chi connectivity index (χ1n) is 8.64. The molecule has 1 heterocycles. The van der Waals surface area contributed by atoms with Gasteiger partial charge in [-0.1, -0.05) is 66.0 Å². The van der Waals surface area contributed by atoms with Gasteiger partial charge in [0.25, 0.3) is 0 Å². The standard InChI is InChI=1S/C18H24N4O2S3/c1-4-9-19-15(23)11-25-17-20-21-18(27-17)26-12-16(24)22(3)10-14-8-6-5-7-13(14)2/h5-8H,4,9-12H2,1-3H3,(H,19,23). The van der Waals surface area contributed by atoms with Crippen LogP contribution in [-0.4, -0.2) is 52.0 Å². The van der Waals surface area contributed by atoms with Crippen LogP contribution in [0.4, 0.5) is 0 Å². The number of rotatable bonds is 10. The van der Waals surface area contributed by atoms with Crippen LogP contribution in [0.3, 0.4) is 0 Å². The van der Waals surface area contributed by atoms with Crippen molar-refractivity contribution in [1.82, 2.24) is 20.4 Å². The van der Waals surface area contributed by atoms with Crippen LogP contribution in [0.15, 0.2) is 32.9 Å². The van der Waals surface area contributed by atoms with Crippen LogP contribution in [0.1, 0.15) is 24.5 Å². The molecule has 1 aromatic carbocycles. The summed E-state index contributed by atoms with van der Waals surface area (Å²) < 4.78 is 1.48. The molecule has 2 rings (SSSR count). The Morgan fingerprint density at radius 3 is 2.48 bits per heavy atom. The van der Waals surface area contributed by atoms with Crippen molar-refractivity contribution >= 4 is 46.7 Å². The number of nitrogens with one attached hydrogen (secondary N) is 1. The molecule has 6 nitrogen and oxygen atoms in total. The summed E-state index contributed by atoms with van der Waals surface area (Å²) in [5.41, 5.74) is 2.33. The van der Waals surface area contributed by atoms with Gasteiger partial charge in [0.2, 0.25) is 11.8 Å². The maximum atomic E-state index is 12.4.